The van der Waals surface area contributed by atoms with E-state index in [1.54, 1.807) is 0 Å². The molecule has 0 bridgehead atoms. The van der Waals surface area contributed by atoms with Gasteiger partial charge in [-0.25, -0.2) is 12.8 Å². The quantitative estimate of drug-likeness (QED) is 0.509. The Morgan fingerprint density at radius 1 is 0.943 bits per heavy atom. The number of rotatable bonds is 7. The number of aryl methyl sites for hydroxylation is 1. The Kier molecular flexibility index (Phi) is 7.37. The number of para-hydroxylation sites is 1. The summed E-state index contributed by atoms with van der Waals surface area (Å²) in [6.07, 6.45) is 0. The lowest BCUT2D eigenvalue weighted by atomic mass is 10.1. The van der Waals surface area contributed by atoms with Gasteiger partial charge in [-0.3, -0.25) is 9.52 Å². The number of carbonyl (C=O) groups excluding carboxylic acids is 1. The van der Waals surface area contributed by atoms with Gasteiger partial charge in [-0.2, -0.15) is 0 Å². The Morgan fingerprint density at radius 3 is 2.26 bits per heavy atom. The van der Waals surface area contributed by atoms with Crippen LogP contribution in [0.25, 0.3) is 0 Å². The van der Waals surface area contributed by atoms with E-state index < -0.39 is 15.8 Å². The van der Waals surface area contributed by atoms with E-state index in [1.165, 1.54) is 48.5 Å². The first-order chi connectivity index (χ1) is 16.8. The average Bonchev–Trinajstić information content (AvgIpc) is 2.86. The second kappa shape index (κ2) is 10.5. The molecule has 1 fully saturated rings. The third-order valence-corrected chi connectivity index (χ3v) is 7.57. The van der Waals surface area contributed by atoms with E-state index in [4.69, 9.17) is 0 Å². The summed E-state index contributed by atoms with van der Waals surface area (Å²) in [7, 11) is -3.99. The average molecular weight is 497 g/mol. The van der Waals surface area contributed by atoms with Gasteiger partial charge in [0.15, 0.2) is 0 Å². The van der Waals surface area contributed by atoms with Crippen LogP contribution in [0.15, 0.2) is 71.6 Å². The molecule has 0 aromatic heterocycles. The predicted molar refractivity (Wildman–Crippen MR) is 137 cm³/mol. The van der Waals surface area contributed by atoms with Crippen LogP contribution in [0.4, 0.5) is 21.5 Å². The van der Waals surface area contributed by atoms with Gasteiger partial charge < -0.3 is 15.1 Å². The van der Waals surface area contributed by atoms with Crippen molar-refractivity contribution in [1.29, 1.82) is 0 Å². The third kappa shape index (κ3) is 5.80. The van der Waals surface area contributed by atoms with E-state index in [9.17, 15) is 17.6 Å². The smallest absolute Gasteiger partial charge is 0.261 e. The molecule has 35 heavy (non-hydrogen) atoms. The molecule has 1 heterocycles. The van der Waals surface area contributed by atoms with E-state index >= 15 is 0 Å². The lowest BCUT2D eigenvalue weighted by Crippen LogP contribution is -2.46. The van der Waals surface area contributed by atoms with E-state index in [1.807, 2.05) is 19.1 Å². The van der Waals surface area contributed by atoms with Crippen LogP contribution in [-0.2, 0) is 10.0 Å². The van der Waals surface area contributed by atoms with Crippen LogP contribution < -0.4 is 14.9 Å². The van der Waals surface area contributed by atoms with E-state index in [0.717, 1.165) is 44.0 Å². The predicted octanol–water partition coefficient (Wildman–Crippen LogP) is 4.33. The number of likely N-dealkylation sites (N-methyl/N-ethyl adjacent to an activating group) is 1. The summed E-state index contributed by atoms with van der Waals surface area (Å²) < 4.78 is 41.2. The number of halogens is 1. The summed E-state index contributed by atoms with van der Waals surface area (Å²) in [5.41, 5.74) is 2.95. The number of anilines is 3. The molecule has 9 heteroatoms. The second-order valence-electron chi connectivity index (χ2n) is 8.48. The van der Waals surface area contributed by atoms with Gasteiger partial charge in [-0.15, -0.1) is 0 Å². The first-order valence-electron chi connectivity index (χ1n) is 11.5. The first kappa shape index (κ1) is 24.7. The van der Waals surface area contributed by atoms with Gasteiger partial charge in [0, 0.05) is 43.1 Å². The molecule has 1 amide bonds. The summed E-state index contributed by atoms with van der Waals surface area (Å²) in [5, 5.41) is 2.90. The summed E-state index contributed by atoms with van der Waals surface area (Å²) in [4.78, 5) is 17.5. The van der Waals surface area contributed by atoms with Crippen LogP contribution in [0.5, 0.6) is 0 Å². The summed E-state index contributed by atoms with van der Waals surface area (Å²) in [5.74, 6) is -1.01. The van der Waals surface area contributed by atoms with Crippen molar-refractivity contribution in [2.24, 2.45) is 0 Å². The summed E-state index contributed by atoms with van der Waals surface area (Å²) >= 11 is 0. The molecule has 0 spiro atoms. The van der Waals surface area contributed by atoms with Crippen LogP contribution in [0, 0.1) is 12.7 Å². The van der Waals surface area contributed by atoms with Crippen LogP contribution in [0.1, 0.15) is 22.8 Å². The van der Waals surface area contributed by atoms with Crippen molar-refractivity contribution in [2.75, 3.05) is 47.7 Å². The fourth-order valence-electron chi connectivity index (χ4n) is 4.03. The Balaban J connectivity index is 1.41. The van der Waals surface area contributed by atoms with Gasteiger partial charge in [0.05, 0.1) is 10.6 Å². The van der Waals surface area contributed by atoms with Crippen LogP contribution in [-0.4, -0.2) is 51.9 Å². The van der Waals surface area contributed by atoms with Crippen molar-refractivity contribution in [3.05, 3.63) is 83.7 Å². The molecule has 7 nitrogen and oxygen atoms in total. The minimum atomic E-state index is -3.99. The summed E-state index contributed by atoms with van der Waals surface area (Å²) in [6.45, 7) is 9.20. The normalized spacial score (nSPS) is 14.5. The molecule has 184 valence electrons. The highest BCUT2D eigenvalue weighted by atomic mass is 32.2. The minimum Gasteiger partial charge on any atom is -0.369 e. The zero-order valence-electron chi connectivity index (χ0n) is 19.8. The summed E-state index contributed by atoms with van der Waals surface area (Å²) in [6, 6.07) is 17.0. The fraction of sp³-hybridized carbons (Fsp3) is 0.269. The van der Waals surface area contributed by atoms with Crippen molar-refractivity contribution < 1.29 is 17.6 Å². The van der Waals surface area contributed by atoms with Gasteiger partial charge in [-0.1, -0.05) is 19.1 Å². The number of nitrogens with zero attached hydrogens (tertiary/aromatic N) is 2. The number of nitrogens with one attached hydrogen (secondary N) is 2. The number of amides is 1. The van der Waals surface area contributed by atoms with Crippen molar-refractivity contribution >= 4 is 33.0 Å². The number of hydrogen-bond donors (Lipinski definition) is 2. The molecule has 0 radical (unpaired) electrons. The lowest BCUT2D eigenvalue weighted by molar-refractivity contribution is 0.102. The zero-order valence-corrected chi connectivity index (χ0v) is 20.6. The topological polar surface area (TPSA) is 81.8 Å². The molecule has 3 aromatic rings. The Morgan fingerprint density at radius 2 is 1.63 bits per heavy atom. The highest BCUT2D eigenvalue weighted by Gasteiger charge is 2.19. The van der Waals surface area contributed by atoms with Crippen LogP contribution in [0.3, 0.4) is 0 Å². The van der Waals surface area contributed by atoms with Gasteiger partial charge in [-0.05, 0) is 73.6 Å². The highest BCUT2D eigenvalue weighted by molar-refractivity contribution is 7.92. The molecule has 0 aliphatic carbocycles. The monoisotopic (exact) mass is 496 g/mol. The van der Waals surface area contributed by atoms with E-state index in [2.05, 4.69) is 32.8 Å². The number of sulfonamides is 1. The standard InChI is InChI=1S/C26H29FN4O3S/c1-3-30-14-16-31(17-15-30)21-10-13-24(19(2)18-21)28-26(32)20-8-11-22(12-9-20)35(33,34)29-25-7-5-4-6-23(25)27/h4-13,18,29H,3,14-17H2,1-2H3,(H,28,32). The van der Waals surface area contributed by atoms with Gasteiger partial charge in [0.25, 0.3) is 15.9 Å². The van der Waals surface area contributed by atoms with E-state index in [-0.39, 0.29) is 16.5 Å². The van der Waals surface area contributed by atoms with E-state index in [0.29, 0.717) is 11.3 Å². The van der Waals surface area contributed by atoms with Crippen molar-refractivity contribution in [1.82, 2.24) is 4.90 Å². The van der Waals surface area contributed by atoms with Crippen molar-refractivity contribution in [3.63, 3.8) is 0 Å². The number of piperazine rings is 1. The molecule has 0 unspecified atom stereocenters. The maximum atomic E-state index is 13.8. The molecule has 0 saturated carbocycles. The van der Waals surface area contributed by atoms with Crippen LogP contribution in [0.2, 0.25) is 0 Å². The third-order valence-electron chi connectivity index (χ3n) is 6.19. The maximum absolute atomic E-state index is 13.8. The maximum Gasteiger partial charge on any atom is 0.261 e. The molecule has 1 saturated heterocycles. The molecule has 4 rings (SSSR count). The lowest BCUT2D eigenvalue weighted by Gasteiger charge is -2.35. The molecular weight excluding hydrogens is 467 g/mol. The van der Waals surface area contributed by atoms with Gasteiger partial charge in [0.2, 0.25) is 0 Å². The Labute approximate surface area is 205 Å². The molecule has 2 N–H and O–H groups in total. The molecule has 1 aliphatic rings. The minimum absolute atomic E-state index is 0.0685. The van der Waals surface area contributed by atoms with Crippen LogP contribution >= 0.6 is 0 Å². The molecule has 0 atom stereocenters. The number of carbonyl (C=O) groups is 1. The number of benzene rings is 3. The van der Waals surface area contributed by atoms with Crippen molar-refractivity contribution in [3.8, 4) is 0 Å². The SMILES string of the molecule is CCN1CCN(c2ccc(NC(=O)c3ccc(S(=O)(=O)Nc4ccccc4F)cc3)c(C)c2)CC1. The second-order valence-corrected chi connectivity index (χ2v) is 10.2. The Bertz CT molecular complexity index is 1300. The Hall–Kier alpha value is -3.43. The van der Waals surface area contributed by atoms with Gasteiger partial charge >= 0.3 is 0 Å². The largest absolute Gasteiger partial charge is 0.369 e. The van der Waals surface area contributed by atoms with Crippen molar-refractivity contribution in [2.45, 2.75) is 18.7 Å². The first-order valence-corrected chi connectivity index (χ1v) is 13.0. The fourth-order valence-corrected chi connectivity index (χ4v) is 5.10. The van der Waals surface area contributed by atoms with Gasteiger partial charge in [0.1, 0.15) is 5.82 Å². The zero-order chi connectivity index (χ0) is 25.0. The number of hydrogen-bond acceptors (Lipinski definition) is 5. The molecular formula is C26H29FN4O3S. The molecule has 1 aliphatic heterocycles. The highest BCUT2D eigenvalue weighted by Crippen LogP contribution is 2.25. The molecule has 3 aromatic carbocycles.